The molecule has 0 saturated carbocycles. The second-order valence-electron chi connectivity index (χ2n) is 5.14. The van der Waals surface area contributed by atoms with Gasteiger partial charge in [-0.15, -0.1) is 0 Å². The van der Waals surface area contributed by atoms with Gasteiger partial charge in [-0.05, 0) is 54.6 Å². The maximum absolute atomic E-state index is 6.37. The van der Waals surface area contributed by atoms with Crippen LogP contribution in [0.1, 0.15) is 23.0 Å². The van der Waals surface area contributed by atoms with Crippen LogP contribution in [0.5, 0.6) is 0 Å². The lowest BCUT2D eigenvalue weighted by Gasteiger charge is -2.17. The van der Waals surface area contributed by atoms with Gasteiger partial charge in [0, 0.05) is 12.7 Å². The summed E-state index contributed by atoms with van der Waals surface area (Å²) >= 11 is 3.54. The van der Waals surface area contributed by atoms with Gasteiger partial charge in [-0.2, -0.15) is 5.10 Å². The third-order valence-electron chi connectivity index (χ3n) is 3.14. The van der Waals surface area contributed by atoms with Crippen LogP contribution in [0, 0.1) is 6.92 Å². The number of hydrogen-bond donors (Lipinski definition) is 1. The number of halogens is 1. The quantitative estimate of drug-likeness (QED) is 0.905. The molecule has 0 radical (unpaired) electrons. The Labute approximate surface area is 127 Å². The zero-order valence-electron chi connectivity index (χ0n) is 12.0. The molecule has 0 aromatic carbocycles. The highest BCUT2D eigenvalue weighted by atomic mass is 79.9. The second kappa shape index (κ2) is 6.47. The van der Waals surface area contributed by atoms with Crippen LogP contribution in [0.2, 0.25) is 0 Å². The Balaban J connectivity index is 2.29. The van der Waals surface area contributed by atoms with Crippen LogP contribution in [0.4, 0.5) is 0 Å². The van der Waals surface area contributed by atoms with Gasteiger partial charge >= 0.3 is 0 Å². The van der Waals surface area contributed by atoms with Crippen molar-refractivity contribution in [2.45, 2.75) is 19.5 Å². The maximum Gasteiger partial charge on any atom is 0.0908 e. The van der Waals surface area contributed by atoms with E-state index in [-0.39, 0.29) is 6.04 Å². The van der Waals surface area contributed by atoms with Crippen molar-refractivity contribution in [3.8, 4) is 0 Å². The molecule has 0 aliphatic heterocycles. The van der Waals surface area contributed by atoms with Crippen molar-refractivity contribution in [2.24, 2.45) is 5.73 Å². The van der Waals surface area contributed by atoms with Crippen molar-refractivity contribution in [1.29, 1.82) is 0 Å². The number of pyridine rings is 1. The number of nitrogens with zero attached hydrogens (tertiary/aromatic N) is 4. The minimum atomic E-state index is -0.283. The van der Waals surface area contributed by atoms with Gasteiger partial charge in [0.15, 0.2) is 0 Å². The molecule has 1 unspecified atom stereocenters. The molecule has 2 rings (SSSR count). The van der Waals surface area contributed by atoms with Crippen LogP contribution in [0.15, 0.2) is 29.0 Å². The molecule has 2 aromatic heterocycles. The Hall–Kier alpha value is -1.24. The van der Waals surface area contributed by atoms with Crippen LogP contribution in [0.3, 0.4) is 0 Å². The minimum absolute atomic E-state index is 0.283. The summed E-state index contributed by atoms with van der Waals surface area (Å²) in [6.07, 6.45) is 3.58. The van der Waals surface area contributed by atoms with Gasteiger partial charge in [0.1, 0.15) is 0 Å². The van der Waals surface area contributed by atoms with Crippen molar-refractivity contribution < 1.29 is 0 Å². The molecule has 5 nitrogen and oxygen atoms in total. The van der Waals surface area contributed by atoms with Gasteiger partial charge < -0.3 is 10.6 Å². The number of hydrogen-bond acceptors (Lipinski definition) is 4. The fourth-order valence-corrected chi connectivity index (χ4v) is 2.57. The second-order valence-corrected chi connectivity index (χ2v) is 5.99. The predicted octanol–water partition coefficient (Wildman–Crippen LogP) is 1.96. The highest BCUT2D eigenvalue weighted by Crippen LogP contribution is 2.26. The largest absolute Gasteiger partial charge is 0.318 e. The van der Waals surface area contributed by atoms with Gasteiger partial charge in [-0.25, -0.2) is 0 Å². The summed E-state index contributed by atoms with van der Waals surface area (Å²) in [4.78, 5) is 6.50. The highest BCUT2D eigenvalue weighted by Gasteiger charge is 2.19. The SMILES string of the molecule is Cc1ccnc(C(N)c2c(Br)cnn2CCN(C)C)c1. The Bertz CT molecular complexity index is 579. The van der Waals surface area contributed by atoms with E-state index in [2.05, 4.69) is 30.9 Å². The van der Waals surface area contributed by atoms with E-state index in [0.717, 1.165) is 34.5 Å². The Morgan fingerprint density at radius 1 is 1.45 bits per heavy atom. The average Bonchev–Trinajstić information content (AvgIpc) is 2.76. The van der Waals surface area contributed by atoms with Gasteiger partial charge in [-0.3, -0.25) is 9.67 Å². The van der Waals surface area contributed by atoms with Crippen LogP contribution in [-0.4, -0.2) is 40.3 Å². The summed E-state index contributed by atoms with van der Waals surface area (Å²) in [7, 11) is 4.08. The molecule has 2 N–H and O–H groups in total. The number of rotatable bonds is 5. The molecule has 0 saturated heterocycles. The van der Waals surface area contributed by atoms with Crippen molar-refractivity contribution in [3.63, 3.8) is 0 Å². The molecular formula is C14H20BrN5. The summed E-state index contributed by atoms with van der Waals surface area (Å²) in [6, 6.07) is 3.70. The van der Waals surface area contributed by atoms with Crippen molar-refractivity contribution in [1.82, 2.24) is 19.7 Å². The van der Waals surface area contributed by atoms with Crippen molar-refractivity contribution >= 4 is 15.9 Å². The molecule has 20 heavy (non-hydrogen) atoms. The molecule has 1 atom stereocenters. The van der Waals surface area contributed by atoms with E-state index in [1.54, 1.807) is 12.4 Å². The third-order valence-corrected chi connectivity index (χ3v) is 3.75. The summed E-state index contributed by atoms with van der Waals surface area (Å²) in [5, 5.41) is 4.39. The van der Waals surface area contributed by atoms with Gasteiger partial charge in [0.2, 0.25) is 0 Å². The lowest BCUT2D eigenvalue weighted by molar-refractivity contribution is 0.367. The zero-order valence-corrected chi connectivity index (χ0v) is 13.6. The molecule has 0 fully saturated rings. The molecule has 0 bridgehead atoms. The monoisotopic (exact) mass is 337 g/mol. The van der Waals surface area contributed by atoms with E-state index in [9.17, 15) is 0 Å². The minimum Gasteiger partial charge on any atom is -0.318 e. The number of aryl methyl sites for hydroxylation is 1. The molecule has 0 aliphatic carbocycles. The van der Waals surface area contributed by atoms with E-state index in [4.69, 9.17) is 5.73 Å². The first-order valence-corrected chi connectivity index (χ1v) is 7.32. The molecule has 2 aromatic rings. The molecule has 2 heterocycles. The highest BCUT2D eigenvalue weighted by molar-refractivity contribution is 9.10. The Morgan fingerprint density at radius 2 is 2.20 bits per heavy atom. The fourth-order valence-electron chi connectivity index (χ4n) is 2.02. The number of aromatic nitrogens is 3. The predicted molar refractivity (Wildman–Crippen MR) is 83.5 cm³/mol. The smallest absolute Gasteiger partial charge is 0.0908 e. The van der Waals surface area contributed by atoms with Crippen LogP contribution >= 0.6 is 15.9 Å². The van der Waals surface area contributed by atoms with Crippen LogP contribution < -0.4 is 5.73 Å². The van der Waals surface area contributed by atoms with E-state index >= 15 is 0 Å². The molecular weight excluding hydrogens is 318 g/mol. The number of likely N-dealkylation sites (N-methyl/N-ethyl adjacent to an activating group) is 1. The third kappa shape index (κ3) is 3.45. The molecule has 6 heteroatoms. The lowest BCUT2D eigenvalue weighted by Crippen LogP contribution is -2.24. The molecule has 0 aliphatic rings. The Morgan fingerprint density at radius 3 is 2.85 bits per heavy atom. The zero-order chi connectivity index (χ0) is 14.7. The van der Waals surface area contributed by atoms with Gasteiger partial charge in [0.25, 0.3) is 0 Å². The number of nitrogens with two attached hydrogens (primary N) is 1. The first-order chi connectivity index (χ1) is 9.49. The van der Waals surface area contributed by atoms with Crippen LogP contribution in [-0.2, 0) is 6.54 Å². The van der Waals surface area contributed by atoms with E-state index in [1.807, 2.05) is 37.8 Å². The van der Waals surface area contributed by atoms with Gasteiger partial charge in [-0.1, -0.05) is 0 Å². The first-order valence-electron chi connectivity index (χ1n) is 6.53. The normalized spacial score (nSPS) is 12.9. The maximum atomic E-state index is 6.37. The van der Waals surface area contributed by atoms with Crippen molar-refractivity contribution in [3.05, 3.63) is 46.0 Å². The average molecular weight is 338 g/mol. The standard InChI is InChI=1S/C14H20BrN5/c1-10-4-5-17-12(8-10)13(16)14-11(15)9-18-20(14)7-6-19(2)3/h4-5,8-9,13H,6-7,16H2,1-3H3. The topological polar surface area (TPSA) is 60.0 Å². The Kier molecular flexibility index (Phi) is 4.91. The first kappa shape index (κ1) is 15.2. The van der Waals surface area contributed by atoms with E-state index in [1.165, 1.54) is 0 Å². The van der Waals surface area contributed by atoms with Crippen LogP contribution in [0.25, 0.3) is 0 Å². The van der Waals surface area contributed by atoms with Gasteiger partial charge in [0.05, 0.1) is 34.6 Å². The van der Waals surface area contributed by atoms with E-state index < -0.39 is 0 Å². The summed E-state index contributed by atoms with van der Waals surface area (Å²) < 4.78 is 2.87. The molecule has 108 valence electrons. The molecule has 0 spiro atoms. The summed E-state index contributed by atoms with van der Waals surface area (Å²) in [5.41, 5.74) is 9.35. The van der Waals surface area contributed by atoms with E-state index in [0.29, 0.717) is 0 Å². The summed E-state index contributed by atoms with van der Waals surface area (Å²) in [6.45, 7) is 3.75. The molecule has 0 amide bonds. The summed E-state index contributed by atoms with van der Waals surface area (Å²) in [5.74, 6) is 0. The fraction of sp³-hybridized carbons (Fsp3) is 0.429. The lowest BCUT2D eigenvalue weighted by atomic mass is 10.1. The van der Waals surface area contributed by atoms with Crippen molar-refractivity contribution in [2.75, 3.05) is 20.6 Å².